The van der Waals surface area contributed by atoms with Crippen LogP contribution in [-0.4, -0.2) is 16.3 Å². The second-order valence-corrected chi connectivity index (χ2v) is 8.22. The molecule has 1 N–H and O–H groups in total. The molecule has 0 spiro atoms. The Kier molecular flexibility index (Phi) is 5.88. The lowest BCUT2D eigenvalue weighted by Crippen LogP contribution is -2.26. The molecule has 6 heteroatoms. The number of rotatable bonds is 6. The van der Waals surface area contributed by atoms with Gasteiger partial charge in [-0.05, 0) is 61.3 Å². The van der Waals surface area contributed by atoms with Crippen LogP contribution >= 0.6 is 38.9 Å². The monoisotopic (exact) mass is 389 g/mol. The quantitative estimate of drug-likeness (QED) is 0.721. The highest BCUT2D eigenvalue weighted by Crippen LogP contribution is 2.37. The van der Waals surface area contributed by atoms with Crippen LogP contribution < -0.4 is 5.32 Å². The van der Waals surface area contributed by atoms with Gasteiger partial charge in [0.2, 0.25) is 0 Å². The first kappa shape index (κ1) is 17.0. The largest absolute Gasteiger partial charge is 0.304 e. The zero-order valence-corrected chi connectivity index (χ0v) is 15.9. The Morgan fingerprint density at radius 1 is 1.48 bits per heavy atom. The maximum atomic E-state index is 6.43. The van der Waals surface area contributed by atoms with Gasteiger partial charge in [0.25, 0.3) is 0 Å². The second-order valence-electron chi connectivity index (χ2n) is 5.41. The summed E-state index contributed by atoms with van der Waals surface area (Å²) in [5, 5.41) is 8.77. The third-order valence-electron chi connectivity index (χ3n) is 3.31. The molecule has 2 aromatic rings. The molecule has 1 unspecified atom stereocenters. The molecule has 0 bridgehead atoms. The molecule has 21 heavy (non-hydrogen) atoms. The lowest BCUT2D eigenvalue weighted by atomic mass is 10.1. The second kappa shape index (κ2) is 7.27. The summed E-state index contributed by atoms with van der Waals surface area (Å²) in [6.07, 6.45) is 2.82. The molecular weight excluding hydrogens is 370 g/mol. The van der Waals surface area contributed by atoms with E-state index in [0.717, 1.165) is 23.7 Å². The van der Waals surface area contributed by atoms with E-state index in [1.807, 2.05) is 4.68 Å². The SMILES string of the molecule is CCCNC(c1cc(C)c(Br)s1)c1c(Cl)cnn1C(C)C. The predicted octanol–water partition coefficient (Wildman–Crippen LogP) is 5.34. The van der Waals surface area contributed by atoms with Crippen LogP contribution in [0.25, 0.3) is 0 Å². The van der Waals surface area contributed by atoms with Crippen LogP contribution in [0.15, 0.2) is 16.0 Å². The minimum Gasteiger partial charge on any atom is -0.304 e. The fourth-order valence-electron chi connectivity index (χ4n) is 2.28. The van der Waals surface area contributed by atoms with Gasteiger partial charge in [-0.2, -0.15) is 5.10 Å². The molecule has 0 aliphatic heterocycles. The Morgan fingerprint density at radius 3 is 2.71 bits per heavy atom. The van der Waals surface area contributed by atoms with Crippen molar-refractivity contribution in [3.8, 4) is 0 Å². The van der Waals surface area contributed by atoms with Crippen molar-refractivity contribution in [2.45, 2.75) is 46.2 Å². The van der Waals surface area contributed by atoms with Gasteiger partial charge in [0, 0.05) is 10.9 Å². The van der Waals surface area contributed by atoms with E-state index in [-0.39, 0.29) is 12.1 Å². The molecule has 3 nitrogen and oxygen atoms in total. The summed E-state index contributed by atoms with van der Waals surface area (Å²) >= 11 is 11.8. The third kappa shape index (κ3) is 3.70. The maximum Gasteiger partial charge on any atom is 0.0857 e. The van der Waals surface area contributed by atoms with Crippen LogP contribution in [-0.2, 0) is 0 Å². The molecule has 2 heterocycles. The molecule has 0 aromatic carbocycles. The fraction of sp³-hybridized carbons (Fsp3) is 0.533. The van der Waals surface area contributed by atoms with E-state index >= 15 is 0 Å². The number of thiophene rings is 1. The average molecular weight is 391 g/mol. The van der Waals surface area contributed by atoms with E-state index in [4.69, 9.17) is 11.6 Å². The molecule has 0 saturated carbocycles. The van der Waals surface area contributed by atoms with Crippen LogP contribution in [0, 0.1) is 6.92 Å². The number of halogens is 2. The molecule has 0 amide bonds. The lowest BCUT2D eigenvalue weighted by molar-refractivity contribution is 0.474. The zero-order valence-electron chi connectivity index (χ0n) is 12.8. The van der Waals surface area contributed by atoms with E-state index in [9.17, 15) is 0 Å². The third-order valence-corrected chi connectivity index (χ3v) is 5.80. The van der Waals surface area contributed by atoms with Gasteiger partial charge in [-0.25, -0.2) is 0 Å². The zero-order chi connectivity index (χ0) is 15.6. The van der Waals surface area contributed by atoms with Crippen molar-refractivity contribution in [2.24, 2.45) is 0 Å². The summed E-state index contributed by atoms with van der Waals surface area (Å²) in [5.41, 5.74) is 2.30. The number of hydrogen-bond acceptors (Lipinski definition) is 3. The number of aryl methyl sites for hydroxylation is 1. The van der Waals surface area contributed by atoms with Gasteiger partial charge >= 0.3 is 0 Å². The summed E-state index contributed by atoms with van der Waals surface area (Å²) in [6, 6.07) is 2.58. The Balaban J connectivity index is 2.47. The number of nitrogens with one attached hydrogen (secondary N) is 1. The van der Waals surface area contributed by atoms with Gasteiger partial charge in [0.15, 0.2) is 0 Å². The van der Waals surface area contributed by atoms with Crippen LogP contribution in [0.4, 0.5) is 0 Å². The first-order valence-electron chi connectivity index (χ1n) is 7.17. The minimum absolute atomic E-state index is 0.0809. The van der Waals surface area contributed by atoms with E-state index in [1.165, 1.54) is 14.2 Å². The van der Waals surface area contributed by atoms with Crippen molar-refractivity contribution >= 4 is 38.9 Å². The molecule has 1 atom stereocenters. The first-order chi connectivity index (χ1) is 9.95. The number of hydrogen-bond donors (Lipinski definition) is 1. The molecule has 2 aromatic heterocycles. The van der Waals surface area contributed by atoms with Crippen molar-refractivity contribution in [2.75, 3.05) is 6.54 Å². The van der Waals surface area contributed by atoms with Crippen molar-refractivity contribution < 1.29 is 0 Å². The first-order valence-corrected chi connectivity index (χ1v) is 9.16. The van der Waals surface area contributed by atoms with Gasteiger partial charge in [-0.1, -0.05) is 18.5 Å². The highest BCUT2D eigenvalue weighted by Gasteiger charge is 2.24. The highest BCUT2D eigenvalue weighted by molar-refractivity contribution is 9.11. The van der Waals surface area contributed by atoms with Crippen molar-refractivity contribution in [1.82, 2.24) is 15.1 Å². The highest BCUT2D eigenvalue weighted by atomic mass is 79.9. The molecule has 116 valence electrons. The standard InChI is InChI=1S/C15H21BrClN3S/c1-5-6-18-13(12-7-10(4)15(16)21-12)14-11(17)8-19-20(14)9(2)3/h7-9,13,18H,5-6H2,1-4H3. The van der Waals surface area contributed by atoms with E-state index < -0.39 is 0 Å². The molecule has 2 rings (SSSR count). The Hall–Kier alpha value is -0.360. The molecule has 0 radical (unpaired) electrons. The van der Waals surface area contributed by atoms with Crippen molar-refractivity contribution in [1.29, 1.82) is 0 Å². The van der Waals surface area contributed by atoms with Gasteiger partial charge in [-0.15, -0.1) is 11.3 Å². The number of aromatic nitrogens is 2. The smallest absolute Gasteiger partial charge is 0.0857 e. The summed E-state index contributed by atoms with van der Waals surface area (Å²) in [5.74, 6) is 0. The number of nitrogens with zero attached hydrogens (tertiary/aromatic N) is 2. The average Bonchev–Trinajstić information content (AvgIpc) is 2.95. The van der Waals surface area contributed by atoms with Crippen LogP contribution in [0.3, 0.4) is 0 Å². The van der Waals surface area contributed by atoms with Crippen molar-refractivity contribution in [3.05, 3.63) is 37.2 Å². The molecule has 0 aliphatic carbocycles. The Bertz CT molecular complexity index is 587. The van der Waals surface area contributed by atoms with E-state index in [1.54, 1.807) is 17.5 Å². The van der Waals surface area contributed by atoms with Gasteiger partial charge < -0.3 is 5.32 Å². The topological polar surface area (TPSA) is 29.9 Å². The normalized spacial score (nSPS) is 13.1. The summed E-state index contributed by atoms with van der Waals surface area (Å²) in [7, 11) is 0. The van der Waals surface area contributed by atoms with Crippen LogP contribution in [0.2, 0.25) is 5.02 Å². The minimum atomic E-state index is 0.0809. The maximum absolute atomic E-state index is 6.43. The summed E-state index contributed by atoms with van der Waals surface area (Å²) in [4.78, 5) is 1.26. The van der Waals surface area contributed by atoms with Gasteiger partial charge in [0.05, 0.1) is 26.7 Å². The van der Waals surface area contributed by atoms with Gasteiger partial charge in [-0.3, -0.25) is 4.68 Å². The van der Waals surface area contributed by atoms with E-state index in [0.29, 0.717) is 0 Å². The van der Waals surface area contributed by atoms with Crippen LogP contribution in [0.1, 0.15) is 55.4 Å². The van der Waals surface area contributed by atoms with E-state index in [2.05, 4.69) is 60.1 Å². The van der Waals surface area contributed by atoms with Crippen LogP contribution in [0.5, 0.6) is 0 Å². The fourth-order valence-corrected chi connectivity index (χ4v) is 4.17. The summed E-state index contributed by atoms with van der Waals surface area (Å²) in [6.45, 7) is 9.47. The molecule has 0 aliphatic rings. The Labute approximate surface area is 143 Å². The molecule has 0 saturated heterocycles. The lowest BCUT2D eigenvalue weighted by Gasteiger charge is -2.21. The predicted molar refractivity (Wildman–Crippen MR) is 94.5 cm³/mol. The summed E-state index contributed by atoms with van der Waals surface area (Å²) < 4.78 is 3.19. The molecular formula is C15H21BrClN3S. The molecule has 0 fully saturated rings. The van der Waals surface area contributed by atoms with Gasteiger partial charge in [0.1, 0.15) is 0 Å². The Morgan fingerprint density at radius 2 is 2.19 bits per heavy atom. The van der Waals surface area contributed by atoms with Crippen molar-refractivity contribution in [3.63, 3.8) is 0 Å².